The Hall–Kier alpha value is -5.58. The van der Waals surface area contributed by atoms with Crippen LogP contribution < -0.4 is 14.8 Å². The first-order valence-corrected chi connectivity index (χ1v) is 14.5. The number of carbonyl (C=O) groups excluding carboxylic acids is 4. The van der Waals surface area contributed by atoms with Gasteiger partial charge >= 0.3 is 0 Å². The summed E-state index contributed by atoms with van der Waals surface area (Å²) in [7, 11) is 3.42. The van der Waals surface area contributed by atoms with Gasteiger partial charge in [0.25, 0.3) is 17.7 Å². The summed E-state index contributed by atoms with van der Waals surface area (Å²) in [6, 6.07) is 20.2. The van der Waals surface area contributed by atoms with Gasteiger partial charge in [0.05, 0.1) is 17.4 Å². The summed E-state index contributed by atoms with van der Waals surface area (Å²) in [4.78, 5) is 61.0. The summed E-state index contributed by atoms with van der Waals surface area (Å²) in [6.07, 6.45) is 4.12. The minimum Gasteiger partial charge on any atom is -0.490 e. The fourth-order valence-electron chi connectivity index (χ4n) is 4.72. The van der Waals surface area contributed by atoms with Crippen molar-refractivity contribution in [3.63, 3.8) is 0 Å². The number of amides is 3. The number of rotatable bonds is 9. The maximum atomic E-state index is 13.1. The molecular weight excluding hydrogens is 574 g/mol. The van der Waals surface area contributed by atoms with Crippen LogP contribution in [0.2, 0.25) is 0 Å². The Morgan fingerprint density at radius 3 is 2.00 bits per heavy atom. The molecule has 11 heteroatoms. The van der Waals surface area contributed by atoms with E-state index in [1.807, 2.05) is 0 Å². The van der Waals surface area contributed by atoms with Gasteiger partial charge in [0, 0.05) is 63.4 Å². The number of likely N-dealkylation sites (tertiary alicyclic amines) is 1. The normalized spacial score (nSPS) is 13.1. The molecular formula is C34H33N5O6. The molecule has 4 aromatic rings. The van der Waals surface area contributed by atoms with Gasteiger partial charge in [0.2, 0.25) is 5.88 Å². The van der Waals surface area contributed by atoms with Crippen molar-refractivity contribution in [2.75, 3.05) is 32.5 Å². The third-order valence-electron chi connectivity index (χ3n) is 7.26. The molecule has 1 fully saturated rings. The minimum absolute atomic E-state index is 0.0292. The van der Waals surface area contributed by atoms with Crippen LogP contribution in [0.1, 0.15) is 61.3 Å². The molecule has 3 heterocycles. The Bertz CT molecular complexity index is 1660. The molecule has 45 heavy (non-hydrogen) atoms. The van der Waals surface area contributed by atoms with Crippen LogP contribution in [0.5, 0.6) is 17.4 Å². The molecule has 5 rings (SSSR count). The molecule has 1 saturated heterocycles. The van der Waals surface area contributed by atoms with Crippen molar-refractivity contribution in [3.8, 4) is 17.4 Å². The van der Waals surface area contributed by atoms with Gasteiger partial charge < -0.3 is 24.6 Å². The molecule has 1 N–H and O–H groups in total. The van der Waals surface area contributed by atoms with Crippen molar-refractivity contribution in [2.24, 2.45) is 0 Å². The number of anilines is 1. The number of ether oxygens (including phenoxy) is 2. The maximum Gasteiger partial charge on any atom is 0.272 e. The zero-order chi connectivity index (χ0) is 31.9. The smallest absolute Gasteiger partial charge is 0.272 e. The molecule has 3 amide bonds. The maximum absolute atomic E-state index is 13.1. The number of nitrogens with zero attached hydrogens (tertiary/aromatic N) is 4. The van der Waals surface area contributed by atoms with Crippen LogP contribution in [0.3, 0.4) is 0 Å². The van der Waals surface area contributed by atoms with Gasteiger partial charge in [-0.3, -0.25) is 24.2 Å². The number of benzene rings is 2. The molecule has 0 bridgehead atoms. The van der Waals surface area contributed by atoms with Crippen molar-refractivity contribution in [2.45, 2.75) is 25.9 Å². The van der Waals surface area contributed by atoms with E-state index >= 15 is 0 Å². The monoisotopic (exact) mass is 607 g/mol. The predicted molar refractivity (Wildman–Crippen MR) is 167 cm³/mol. The Balaban J connectivity index is 1.09. The number of piperidine rings is 1. The Kier molecular flexibility index (Phi) is 9.47. The molecule has 11 nitrogen and oxygen atoms in total. The standard InChI is InChI=1S/C34H33N5O6/c1-22(40)23-4-10-28(11-5-23)45-31-15-9-26(21-36-31)37-32(41)25-8-14-30(35-20-25)34(43)39-18-16-29(17-19-39)44-27-12-6-24(7-13-27)33(42)38(2)3/h4-15,20-21,29H,16-19H2,1-3H3,(H,37,41). The second kappa shape index (κ2) is 13.8. The molecule has 0 atom stereocenters. The highest BCUT2D eigenvalue weighted by Gasteiger charge is 2.26. The van der Waals surface area contributed by atoms with Crippen molar-refractivity contribution >= 4 is 29.2 Å². The number of hydrogen-bond acceptors (Lipinski definition) is 8. The molecule has 1 aliphatic heterocycles. The number of ketones is 1. The lowest BCUT2D eigenvalue weighted by Crippen LogP contribution is -2.42. The summed E-state index contributed by atoms with van der Waals surface area (Å²) in [6.45, 7) is 2.53. The van der Waals surface area contributed by atoms with E-state index < -0.39 is 5.91 Å². The first-order chi connectivity index (χ1) is 21.7. The zero-order valence-electron chi connectivity index (χ0n) is 25.2. The largest absolute Gasteiger partial charge is 0.490 e. The van der Waals surface area contributed by atoms with Gasteiger partial charge in [-0.1, -0.05) is 0 Å². The van der Waals surface area contributed by atoms with E-state index in [1.165, 1.54) is 24.2 Å². The first-order valence-electron chi connectivity index (χ1n) is 14.5. The highest BCUT2D eigenvalue weighted by molar-refractivity contribution is 6.04. The van der Waals surface area contributed by atoms with Crippen molar-refractivity contribution in [1.82, 2.24) is 19.8 Å². The van der Waals surface area contributed by atoms with Crippen LogP contribution in [0.15, 0.2) is 85.2 Å². The van der Waals surface area contributed by atoms with Gasteiger partial charge in [-0.15, -0.1) is 0 Å². The fourth-order valence-corrected chi connectivity index (χ4v) is 4.72. The molecule has 0 unspecified atom stereocenters. The van der Waals surface area contributed by atoms with Gasteiger partial charge in [-0.05, 0) is 73.7 Å². The zero-order valence-corrected chi connectivity index (χ0v) is 25.2. The lowest BCUT2D eigenvalue weighted by atomic mass is 10.1. The van der Waals surface area contributed by atoms with E-state index in [2.05, 4.69) is 15.3 Å². The van der Waals surface area contributed by atoms with Crippen molar-refractivity contribution in [1.29, 1.82) is 0 Å². The van der Waals surface area contributed by atoms with Gasteiger partial charge in [0.1, 0.15) is 23.3 Å². The molecule has 0 radical (unpaired) electrons. The molecule has 2 aromatic heterocycles. The highest BCUT2D eigenvalue weighted by atomic mass is 16.5. The average Bonchev–Trinajstić information content (AvgIpc) is 3.06. The third-order valence-corrected chi connectivity index (χ3v) is 7.26. The van der Waals surface area contributed by atoms with Crippen molar-refractivity contribution < 1.29 is 28.7 Å². The quantitative estimate of drug-likeness (QED) is 0.260. The third kappa shape index (κ3) is 7.88. The van der Waals surface area contributed by atoms with Gasteiger partial charge in [-0.2, -0.15) is 0 Å². The number of aromatic nitrogens is 2. The summed E-state index contributed by atoms with van der Waals surface area (Å²) < 4.78 is 11.8. The van der Waals surface area contributed by atoms with E-state index in [0.29, 0.717) is 65.7 Å². The molecule has 0 spiro atoms. The predicted octanol–water partition coefficient (Wildman–Crippen LogP) is 5.11. The molecule has 1 aliphatic rings. The fraction of sp³-hybridized carbons (Fsp3) is 0.235. The van der Waals surface area contributed by atoms with E-state index in [4.69, 9.17) is 9.47 Å². The lowest BCUT2D eigenvalue weighted by Gasteiger charge is -2.32. The van der Waals surface area contributed by atoms with Crippen molar-refractivity contribution in [3.05, 3.63) is 108 Å². The second-order valence-corrected chi connectivity index (χ2v) is 10.8. The molecule has 2 aromatic carbocycles. The molecule has 0 saturated carbocycles. The Labute approximate surface area is 260 Å². The molecule has 0 aliphatic carbocycles. The van der Waals surface area contributed by atoms with Gasteiger partial charge in [0.15, 0.2) is 5.78 Å². The lowest BCUT2D eigenvalue weighted by molar-refractivity contribution is 0.0589. The number of Topliss-reactive ketones (excluding diaryl/α,β-unsaturated/α-hetero) is 1. The number of hydrogen-bond donors (Lipinski definition) is 1. The van der Waals surface area contributed by atoms with Crippen LogP contribution in [0.4, 0.5) is 5.69 Å². The number of nitrogens with one attached hydrogen (secondary N) is 1. The highest BCUT2D eigenvalue weighted by Crippen LogP contribution is 2.23. The second-order valence-electron chi connectivity index (χ2n) is 10.8. The SMILES string of the molecule is CC(=O)c1ccc(Oc2ccc(NC(=O)c3ccc(C(=O)N4CCC(Oc5ccc(C(=O)N(C)C)cc5)CC4)nc3)cn2)cc1. The summed E-state index contributed by atoms with van der Waals surface area (Å²) >= 11 is 0. The van der Waals surface area contributed by atoms with Crippen LogP contribution in [-0.4, -0.2) is 76.6 Å². The number of carbonyl (C=O) groups is 4. The first kappa shape index (κ1) is 30.9. The topological polar surface area (TPSA) is 131 Å². The summed E-state index contributed by atoms with van der Waals surface area (Å²) in [5.74, 6) is 0.846. The minimum atomic E-state index is -0.395. The summed E-state index contributed by atoms with van der Waals surface area (Å²) in [5, 5.41) is 2.76. The molecule has 230 valence electrons. The van der Waals surface area contributed by atoms with E-state index in [9.17, 15) is 19.2 Å². The van der Waals surface area contributed by atoms with E-state index in [0.717, 1.165) is 0 Å². The Morgan fingerprint density at radius 1 is 0.778 bits per heavy atom. The van der Waals surface area contributed by atoms with Crippen LogP contribution >= 0.6 is 0 Å². The Morgan fingerprint density at radius 2 is 1.42 bits per heavy atom. The van der Waals surface area contributed by atoms with E-state index in [-0.39, 0.29) is 29.4 Å². The van der Waals surface area contributed by atoms with Crippen LogP contribution in [0, 0.1) is 0 Å². The van der Waals surface area contributed by atoms with Gasteiger partial charge in [-0.25, -0.2) is 4.98 Å². The van der Waals surface area contributed by atoms with Crippen LogP contribution in [-0.2, 0) is 0 Å². The average molecular weight is 608 g/mol. The van der Waals surface area contributed by atoms with E-state index in [1.54, 1.807) is 91.8 Å². The van der Waals surface area contributed by atoms with Crippen LogP contribution in [0.25, 0.3) is 0 Å². The summed E-state index contributed by atoms with van der Waals surface area (Å²) in [5.41, 5.74) is 2.19. The number of pyridine rings is 2.